The highest BCUT2D eigenvalue weighted by Gasteiger charge is 2.13. The van der Waals surface area contributed by atoms with Gasteiger partial charge in [0.25, 0.3) is 0 Å². The van der Waals surface area contributed by atoms with E-state index in [9.17, 15) is 4.79 Å². The van der Waals surface area contributed by atoms with E-state index in [-0.39, 0.29) is 12.2 Å². The van der Waals surface area contributed by atoms with Crippen LogP contribution in [-0.2, 0) is 6.42 Å². The van der Waals surface area contributed by atoms with E-state index in [1.807, 2.05) is 49.4 Å². The zero-order valence-corrected chi connectivity index (χ0v) is 12.5. The van der Waals surface area contributed by atoms with Crippen LogP contribution in [0.1, 0.15) is 21.8 Å². The minimum absolute atomic E-state index is 0.00254. The third kappa shape index (κ3) is 2.51. The van der Waals surface area contributed by atoms with Gasteiger partial charge in [-0.1, -0.05) is 40.2 Å². The average molecular weight is 330 g/mol. The first-order chi connectivity index (χ1) is 9.63. The van der Waals surface area contributed by atoms with Crippen molar-refractivity contribution in [3.63, 3.8) is 0 Å². The molecule has 0 aliphatic carbocycles. The van der Waals surface area contributed by atoms with Crippen molar-refractivity contribution in [1.82, 2.24) is 4.98 Å². The second-order valence-electron chi connectivity index (χ2n) is 4.64. The first kappa shape index (κ1) is 13.1. The fourth-order valence-corrected chi connectivity index (χ4v) is 2.38. The Kier molecular flexibility index (Phi) is 3.40. The summed E-state index contributed by atoms with van der Waals surface area (Å²) in [5.74, 6) is 0.449. The monoisotopic (exact) mass is 329 g/mol. The highest BCUT2D eigenvalue weighted by Crippen LogP contribution is 2.20. The molecule has 0 spiro atoms. The average Bonchev–Trinajstić information content (AvgIpc) is 2.83. The summed E-state index contributed by atoms with van der Waals surface area (Å²) in [6, 6.07) is 13.1. The van der Waals surface area contributed by atoms with E-state index in [1.54, 1.807) is 0 Å². The predicted octanol–water partition coefficient (Wildman–Crippen LogP) is 4.32. The largest absolute Gasteiger partial charge is 0.440 e. The fraction of sp³-hybridized carbons (Fsp3) is 0.125. The Morgan fingerprint density at radius 3 is 2.80 bits per heavy atom. The summed E-state index contributed by atoms with van der Waals surface area (Å²) in [4.78, 5) is 16.6. The van der Waals surface area contributed by atoms with Crippen LogP contribution in [0.3, 0.4) is 0 Å². The molecular formula is C16H12BrNO2. The number of aryl methyl sites for hydroxylation is 1. The Balaban J connectivity index is 1.86. The van der Waals surface area contributed by atoms with Crippen LogP contribution in [0.15, 0.2) is 51.4 Å². The number of oxazole rings is 1. The third-order valence-electron chi connectivity index (χ3n) is 3.14. The topological polar surface area (TPSA) is 43.1 Å². The van der Waals surface area contributed by atoms with Crippen LogP contribution in [0.2, 0.25) is 0 Å². The molecule has 2 aromatic carbocycles. The summed E-state index contributed by atoms with van der Waals surface area (Å²) in [6.07, 6.45) is 0.171. The number of hydrogen-bond donors (Lipinski definition) is 0. The lowest BCUT2D eigenvalue weighted by Gasteiger charge is -2.02. The van der Waals surface area contributed by atoms with E-state index < -0.39 is 0 Å². The van der Waals surface area contributed by atoms with E-state index >= 15 is 0 Å². The minimum Gasteiger partial charge on any atom is -0.440 e. The van der Waals surface area contributed by atoms with Crippen molar-refractivity contribution in [2.75, 3.05) is 0 Å². The molecule has 0 saturated heterocycles. The number of benzene rings is 2. The zero-order chi connectivity index (χ0) is 14.1. The first-order valence-corrected chi connectivity index (χ1v) is 7.06. The van der Waals surface area contributed by atoms with E-state index in [1.165, 1.54) is 0 Å². The number of Topliss-reactive ketones (excluding diaryl/α,β-unsaturated/α-hetero) is 1. The molecule has 20 heavy (non-hydrogen) atoms. The number of para-hydroxylation sites is 2. The number of aromatic nitrogens is 1. The summed E-state index contributed by atoms with van der Waals surface area (Å²) in [6.45, 7) is 1.99. The molecule has 1 heterocycles. The van der Waals surface area contributed by atoms with Gasteiger partial charge in [-0.25, -0.2) is 4.98 Å². The number of hydrogen-bond acceptors (Lipinski definition) is 3. The van der Waals surface area contributed by atoms with Gasteiger partial charge in [-0.05, 0) is 30.7 Å². The Hall–Kier alpha value is -1.94. The van der Waals surface area contributed by atoms with Crippen molar-refractivity contribution in [1.29, 1.82) is 0 Å². The maximum Gasteiger partial charge on any atom is 0.203 e. The summed E-state index contributed by atoms with van der Waals surface area (Å²) in [5, 5.41) is 0. The third-order valence-corrected chi connectivity index (χ3v) is 4.00. The van der Waals surface area contributed by atoms with Crippen LogP contribution < -0.4 is 0 Å². The maximum atomic E-state index is 12.2. The normalized spacial score (nSPS) is 10.9. The van der Waals surface area contributed by atoms with Crippen LogP contribution in [0.5, 0.6) is 0 Å². The smallest absolute Gasteiger partial charge is 0.203 e. The van der Waals surface area contributed by atoms with Crippen molar-refractivity contribution in [2.24, 2.45) is 0 Å². The van der Waals surface area contributed by atoms with Crippen molar-refractivity contribution < 1.29 is 9.21 Å². The van der Waals surface area contributed by atoms with Crippen LogP contribution in [-0.4, -0.2) is 10.8 Å². The molecule has 0 amide bonds. The molecular weight excluding hydrogens is 318 g/mol. The van der Waals surface area contributed by atoms with Gasteiger partial charge in [0, 0.05) is 10.0 Å². The van der Waals surface area contributed by atoms with Crippen LogP contribution in [0.25, 0.3) is 11.1 Å². The van der Waals surface area contributed by atoms with Crippen LogP contribution in [0.4, 0.5) is 0 Å². The SMILES string of the molecule is Cc1ccc(C(=O)Cc2nc3ccccc3o2)cc1Br. The Morgan fingerprint density at radius 1 is 1.25 bits per heavy atom. The first-order valence-electron chi connectivity index (χ1n) is 6.27. The molecule has 4 heteroatoms. The van der Waals surface area contributed by atoms with Gasteiger partial charge < -0.3 is 4.42 Å². The molecule has 1 aromatic heterocycles. The minimum atomic E-state index is -0.00254. The zero-order valence-electron chi connectivity index (χ0n) is 10.9. The summed E-state index contributed by atoms with van der Waals surface area (Å²) >= 11 is 3.44. The summed E-state index contributed by atoms with van der Waals surface area (Å²) in [7, 11) is 0. The number of rotatable bonds is 3. The second kappa shape index (κ2) is 5.21. The highest BCUT2D eigenvalue weighted by atomic mass is 79.9. The molecule has 0 saturated carbocycles. The molecule has 0 N–H and O–H groups in total. The van der Waals surface area contributed by atoms with E-state index in [0.29, 0.717) is 17.0 Å². The van der Waals surface area contributed by atoms with E-state index in [0.717, 1.165) is 15.6 Å². The number of carbonyl (C=O) groups is 1. The maximum absolute atomic E-state index is 12.2. The molecule has 3 nitrogen and oxygen atoms in total. The molecule has 3 aromatic rings. The molecule has 0 unspecified atom stereocenters. The predicted molar refractivity (Wildman–Crippen MR) is 80.9 cm³/mol. The molecule has 3 rings (SSSR count). The Bertz CT molecular complexity index is 759. The summed E-state index contributed by atoms with van der Waals surface area (Å²) < 4.78 is 6.50. The van der Waals surface area contributed by atoms with Crippen LogP contribution >= 0.6 is 15.9 Å². The van der Waals surface area contributed by atoms with Gasteiger partial charge in [0.05, 0.1) is 6.42 Å². The van der Waals surface area contributed by atoms with E-state index in [4.69, 9.17) is 4.42 Å². The molecule has 0 atom stereocenters. The number of halogens is 1. The van der Waals surface area contributed by atoms with Gasteiger partial charge in [0.2, 0.25) is 5.89 Å². The fourth-order valence-electron chi connectivity index (χ4n) is 2.00. The van der Waals surface area contributed by atoms with Gasteiger partial charge in [0.15, 0.2) is 11.4 Å². The number of nitrogens with zero attached hydrogens (tertiary/aromatic N) is 1. The lowest BCUT2D eigenvalue weighted by atomic mass is 10.1. The standard InChI is InChI=1S/C16H12BrNO2/c1-10-6-7-11(8-12(10)17)14(19)9-16-18-13-4-2-3-5-15(13)20-16/h2-8H,9H2,1H3. The number of fused-ring (bicyclic) bond motifs is 1. The Morgan fingerprint density at radius 2 is 2.05 bits per heavy atom. The molecule has 0 aliphatic heterocycles. The number of ketones is 1. The van der Waals surface area contributed by atoms with Gasteiger partial charge >= 0.3 is 0 Å². The molecule has 100 valence electrons. The van der Waals surface area contributed by atoms with E-state index in [2.05, 4.69) is 20.9 Å². The lowest BCUT2D eigenvalue weighted by Crippen LogP contribution is -2.04. The highest BCUT2D eigenvalue weighted by molar-refractivity contribution is 9.10. The molecule has 0 radical (unpaired) electrons. The molecule has 0 bridgehead atoms. The quantitative estimate of drug-likeness (QED) is 0.672. The van der Waals surface area contributed by atoms with Gasteiger partial charge in [-0.15, -0.1) is 0 Å². The number of carbonyl (C=O) groups excluding carboxylic acids is 1. The van der Waals surface area contributed by atoms with Crippen molar-refractivity contribution in [3.8, 4) is 0 Å². The molecule has 0 aliphatic rings. The van der Waals surface area contributed by atoms with Crippen molar-refractivity contribution >= 4 is 32.8 Å². The van der Waals surface area contributed by atoms with Crippen molar-refractivity contribution in [3.05, 3.63) is 64.0 Å². The molecule has 0 fully saturated rings. The Labute approximate surface area is 124 Å². The van der Waals surface area contributed by atoms with Gasteiger partial charge in [-0.3, -0.25) is 4.79 Å². The van der Waals surface area contributed by atoms with Gasteiger partial charge in [0.1, 0.15) is 5.52 Å². The van der Waals surface area contributed by atoms with Crippen molar-refractivity contribution in [2.45, 2.75) is 13.3 Å². The van der Waals surface area contributed by atoms with Crippen LogP contribution in [0, 0.1) is 6.92 Å². The second-order valence-corrected chi connectivity index (χ2v) is 5.49. The summed E-state index contributed by atoms with van der Waals surface area (Å²) in [5.41, 5.74) is 3.24. The van der Waals surface area contributed by atoms with Gasteiger partial charge in [-0.2, -0.15) is 0 Å². The lowest BCUT2D eigenvalue weighted by molar-refractivity contribution is 0.0986.